The Bertz CT molecular complexity index is 306. The molecule has 0 spiro atoms. The van der Waals surface area contributed by atoms with Gasteiger partial charge in [-0.15, -0.1) is 11.3 Å². The smallest absolute Gasteiger partial charge is 0.315 e. The summed E-state index contributed by atoms with van der Waals surface area (Å²) in [5.74, 6) is 0. The average Bonchev–Trinajstić information content (AvgIpc) is 2.86. The summed E-state index contributed by atoms with van der Waals surface area (Å²) >= 11 is 1.54. The average molecular weight is 225 g/mol. The fourth-order valence-electron chi connectivity index (χ4n) is 1.80. The van der Waals surface area contributed by atoms with Crippen molar-refractivity contribution in [3.8, 4) is 0 Å². The number of carbonyl (C=O) groups excluding carboxylic acids is 1. The van der Waals surface area contributed by atoms with Gasteiger partial charge in [0.1, 0.15) is 0 Å². The van der Waals surface area contributed by atoms with E-state index in [-0.39, 0.29) is 6.03 Å². The van der Waals surface area contributed by atoms with Gasteiger partial charge in [0.05, 0.1) is 17.7 Å². The molecule has 1 aromatic rings. The normalized spacial score (nSPS) is 16.5. The van der Waals surface area contributed by atoms with E-state index in [1.807, 2.05) is 5.38 Å². The lowest BCUT2D eigenvalue weighted by atomic mass is 10.2. The Morgan fingerprint density at radius 1 is 1.53 bits per heavy atom. The minimum Gasteiger partial charge on any atom is -0.335 e. The fraction of sp³-hybridized carbons (Fsp3) is 0.600. The summed E-state index contributed by atoms with van der Waals surface area (Å²) in [6.07, 6.45) is 4.70. The predicted octanol–water partition coefficient (Wildman–Crippen LogP) is 1.88. The van der Waals surface area contributed by atoms with Crippen LogP contribution in [-0.4, -0.2) is 17.1 Å². The first-order chi connectivity index (χ1) is 7.34. The highest BCUT2D eigenvalue weighted by Gasteiger charge is 2.16. The number of nitrogens with one attached hydrogen (secondary N) is 2. The molecule has 82 valence electrons. The van der Waals surface area contributed by atoms with Gasteiger partial charge in [0, 0.05) is 11.4 Å². The molecule has 1 aliphatic carbocycles. The molecule has 1 aliphatic rings. The van der Waals surface area contributed by atoms with Crippen LogP contribution in [0.15, 0.2) is 10.9 Å². The lowest BCUT2D eigenvalue weighted by molar-refractivity contribution is 0.236. The van der Waals surface area contributed by atoms with Gasteiger partial charge in [-0.05, 0) is 12.8 Å². The summed E-state index contributed by atoms with van der Waals surface area (Å²) in [5, 5.41) is 7.71. The maximum atomic E-state index is 11.4. The highest BCUT2D eigenvalue weighted by molar-refractivity contribution is 7.07. The van der Waals surface area contributed by atoms with Crippen LogP contribution in [0.5, 0.6) is 0 Å². The molecule has 1 fully saturated rings. The van der Waals surface area contributed by atoms with E-state index in [4.69, 9.17) is 0 Å². The fourth-order valence-corrected chi connectivity index (χ4v) is 2.36. The number of aromatic nitrogens is 1. The number of hydrogen-bond donors (Lipinski definition) is 2. The third kappa shape index (κ3) is 3.20. The van der Waals surface area contributed by atoms with Crippen molar-refractivity contribution in [2.24, 2.45) is 0 Å². The zero-order chi connectivity index (χ0) is 10.5. The summed E-state index contributed by atoms with van der Waals surface area (Å²) in [6, 6.07) is 0.301. The number of amides is 2. The standard InChI is InChI=1S/C10H15N3OS/c14-10(13-8-3-1-2-4-8)11-5-9-6-15-7-12-9/h6-8H,1-5H2,(H2,11,13,14). The predicted molar refractivity (Wildman–Crippen MR) is 59.7 cm³/mol. The summed E-state index contributed by atoms with van der Waals surface area (Å²) < 4.78 is 0. The van der Waals surface area contributed by atoms with Crippen molar-refractivity contribution in [1.29, 1.82) is 0 Å². The first-order valence-corrected chi connectivity index (χ1v) is 6.20. The van der Waals surface area contributed by atoms with Gasteiger partial charge in [-0.25, -0.2) is 9.78 Å². The van der Waals surface area contributed by atoms with Crippen LogP contribution in [0.2, 0.25) is 0 Å². The second-order valence-electron chi connectivity index (χ2n) is 3.79. The molecule has 0 unspecified atom stereocenters. The molecule has 0 saturated heterocycles. The molecule has 1 saturated carbocycles. The number of urea groups is 1. The Kier molecular flexibility index (Phi) is 3.55. The lowest BCUT2D eigenvalue weighted by Gasteiger charge is -2.12. The van der Waals surface area contributed by atoms with Crippen LogP contribution in [0.25, 0.3) is 0 Å². The van der Waals surface area contributed by atoms with Crippen LogP contribution in [-0.2, 0) is 6.54 Å². The molecule has 4 nitrogen and oxygen atoms in total. The Hall–Kier alpha value is -1.10. The number of thiazole rings is 1. The molecule has 0 bridgehead atoms. The Balaban J connectivity index is 1.68. The molecule has 0 aromatic carbocycles. The summed E-state index contributed by atoms with van der Waals surface area (Å²) in [4.78, 5) is 15.5. The highest BCUT2D eigenvalue weighted by Crippen LogP contribution is 2.17. The number of hydrogen-bond acceptors (Lipinski definition) is 3. The van der Waals surface area contributed by atoms with Crippen molar-refractivity contribution in [2.75, 3.05) is 0 Å². The molecule has 1 aromatic heterocycles. The van der Waals surface area contributed by atoms with Crippen molar-refractivity contribution in [1.82, 2.24) is 15.6 Å². The van der Waals surface area contributed by atoms with Crippen molar-refractivity contribution in [3.63, 3.8) is 0 Å². The van der Waals surface area contributed by atoms with E-state index >= 15 is 0 Å². The molecule has 15 heavy (non-hydrogen) atoms. The molecule has 5 heteroatoms. The summed E-state index contributed by atoms with van der Waals surface area (Å²) in [6.45, 7) is 0.516. The van der Waals surface area contributed by atoms with E-state index in [0.717, 1.165) is 18.5 Å². The second kappa shape index (κ2) is 5.11. The lowest BCUT2D eigenvalue weighted by Crippen LogP contribution is -2.40. The van der Waals surface area contributed by atoms with Gasteiger partial charge in [0.25, 0.3) is 0 Å². The quantitative estimate of drug-likeness (QED) is 0.825. The van der Waals surface area contributed by atoms with E-state index in [1.54, 1.807) is 16.8 Å². The highest BCUT2D eigenvalue weighted by atomic mass is 32.1. The molecular formula is C10H15N3OS. The SMILES string of the molecule is O=C(NCc1cscn1)NC1CCCC1. The molecule has 0 aliphatic heterocycles. The van der Waals surface area contributed by atoms with E-state index in [2.05, 4.69) is 15.6 Å². The van der Waals surface area contributed by atoms with E-state index in [1.165, 1.54) is 12.8 Å². The first kappa shape index (κ1) is 10.4. The number of nitrogens with zero attached hydrogens (tertiary/aromatic N) is 1. The van der Waals surface area contributed by atoms with Gasteiger partial charge < -0.3 is 10.6 Å². The van der Waals surface area contributed by atoms with Crippen molar-refractivity contribution >= 4 is 17.4 Å². The first-order valence-electron chi connectivity index (χ1n) is 5.26. The Morgan fingerprint density at radius 3 is 3.00 bits per heavy atom. The van der Waals surface area contributed by atoms with Gasteiger partial charge in [-0.3, -0.25) is 0 Å². The monoisotopic (exact) mass is 225 g/mol. The Labute approximate surface area is 93.1 Å². The Morgan fingerprint density at radius 2 is 2.33 bits per heavy atom. The van der Waals surface area contributed by atoms with Crippen LogP contribution in [0.4, 0.5) is 4.79 Å². The van der Waals surface area contributed by atoms with Crippen LogP contribution < -0.4 is 10.6 Å². The molecular weight excluding hydrogens is 210 g/mol. The van der Waals surface area contributed by atoms with Crippen LogP contribution >= 0.6 is 11.3 Å². The topological polar surface area (TPSA) is 54.0 Å². The largest absolute Gasteiger partial charge is 0.335 e. The maximum absolute atomic E-state index is 11.4. The third-order valence-electron chi connectivity index (χ3n) is 2.60. The minimum atomic E-state index is -0.0742. The van der Waals surface area contributed by atoms with Crippen LogP contribution in [0, 0.1) is 0 Å². The van der Waals surface area contributed by atoms with E-state index < -0.39 is 0 Å². The number of rotatable bonds is 3. The van der Waals surface area contributed by atoms with E-state index in [9.17, 15) is 4.79 Å². The summed E-state index contributed by atoms with van der Waals surface area (Å²) in [7, 11) is 0. The molecule has 1 heterocycles. The van der Waals surface area contributed by atoms with Crippen molar-refractivity contribution in [3.05, 3.63) is 16.6 Å². The second-order valence-corrected chi connectivity index (χ2v) is 4.51. The van der Waals surface area contributed by atoms with Crippen molar-refractivity contribution in [2.45, 2.75) is 38.3 Å². The van der Waals surface area contributed by atoms with Gasteiger partial charge >= 0.3 is 6.03 Å². The molecule has 2 amide bonds. The van der Waals surface area contributed by atoms with Gasteiger partial charge in [-0.1, -0.05) is 12.8 Å². The van der Waals surface area contributed by atoms with E-state index in [0.29, 0.717) is 12.6 Å². The van der Waals surface area contributed by atoms with Crippen LogP contribution in [0.3, 0.4) is 0 Å². The van der Waals surface area contributed by atoms with Gasteiger partial charge in [-0.2, -0.15) is 0 Å². The number of carbonyl (C=O) groups is 1. The van der Waals surface area contributed by atoms with Gasteiger partial charge in [0.15, 0.2) is 0 Å². The minimum absolute atomic E-state index is 0.0742. The maximum Gasteiger partial charge on any atom is 0.315 e. The molecule has 2 N–H and O–H groups in total. The summed E-state index contributed by atoms with van der Waals surface area (Å²) in [5.41, 5.74) is 2.69. The molecule has 2 rings (SSSR count). The molecule has 0 atom stereocenters. The van der Waals surface area contributed by atoms with Gasteiger partial charge in [0.2, 0.25) is 0 Å². The molecule has 0 radical (unpaired) electrons. The zero-order valence-corrected chi connectivity index (χ0v) is 9.35. The zero-order valence-electron chi connectivity index (χ0n) is 8.53. The third-order valence-corrected chi connectivity index (χ3v) is 3.24. The van der Waals surface area contributed by atoms with Crippen LogP contribution in [0.1, 0.15) is 31.4 Å². The van der Waals surface area contributed by atoms with Crippen molar-refractivity contribution < 1.29 is 4.79 Å².